The van der Waals surface area contributed by atoms with Gasteiger partial charge in [0, 0.05) is 43.9 Å². The van der Waals surface area contributed by atoms with Gasteiger partial charge in [-0.25, -0.2) is 0 Å². The van der Waals surface area contributed by atoms with E-state index in [9.17, 15) is 0 Å². The minimum Gasteiger partial charge on any atom is -0.486 e. The Hall–Kier alpha value is -1.92. The summed E-state index contributed by atoms with van der Waals surface area (Å²) in [5, 5.41) is 4.20. The lowest BCUT2D eigenvalue weighted by atomic mass is 10.0. The molecule has 0 bridgehead atoms. The average molecular weight is 301 g/mol. The van der Waals surface area contributed by atoms with Gasteiger partial charge in [-0.05, 0) is 18.6 Å². The van der Waals surface area contributed by atoms with E-state index in [1.165, 1.54) is 5.56 Å². The molecule has 0 spiro atoms. The second-order valence-corrected chi connectivity index (χ2v) is 5.75. The Kier molecular flexibility index (Phi) is 3.78. The minimum absolute atomic E-state index is 0.416. The SMILES string of the molecule is c1cncc(OCc2noc3c2CN(C2CCOC2)CC3)c1. The molecule has 2 aromatic heterocycles. The van der Waals surface area contributed by atoms with Crippen LogP contribution in [0, 0.1) is 0 Å². The van der Waals surface area contributed by atoms with Crippen LogP contribution in [0.3, 0.4) is 0 Å². The van der Waals surface area contributed by atoms with E-state index in [4.69, 9.17) is 14.0 Å². The summed E-state index contributed by atoms with van der Waals surface area (Å²) in [5.41, 5.74) is 2.07. The summed E-state index contributed by atoms with van der Waals surface area (Å²) in [6.07, 6.45) is 5.45. The molecule has 2 aliphatic rings. The van der Waals surface area contributed by atoms with Crippen molar-refractivity contribution in [1.29, 1.82) is 0 Å². The summed E-state index contributed by atoms with van der Waals surface area (Å²) in [5.74, 6) is 1.75. The lowest BCUT2D eigenvalue weighted by molar-refractivity contribution is 0.131. The first kappa shape index (κ1) is 13.7. The minimum atomic E-state index is 0.416. The molecule has 116 valence electrons. The van der Waals surface area contributed by atoms with Gasteiger partial charge in [-0.15, -0.1) is 0 Å². The van der Waals surface area contributed by atoms with Crippen LogP contribution in [0.1, 0.15) is 23.4 Å². The first-order chi connectivity index (χ1) is 10.9. The Labute approximate surface area is 129 Å². The van der Waals surface area contributed by atoms with Crippen LogP contribution in [0.4, 0.5) is 0 Å². The number of nitrogens with zero attached hydrogens (tertiary/aromatic N) is 3. The van der Waals surface area contributed by atoms with E-state index in [-0.39, 0.29) is 0 Å². The van der Waals surface area contributed by atoms with E-state index in [2.05, 4.69) is 15.0 Å². The zero-order valence-corrected chi connectivity index (χ0v) is 12.4. The standard InChI is InChI=1S/C16H19N3O3/c1-2-13(8-17-5-1)21-11-15-14-9-19(12-4-7-20-10-12)6-3-16(14)22-18-15/h1-2,5,8,12H,3-4,6-7,9-11H2. The molecule has 0 aromatic carbocycles. The number of hydrogen-bond acceptors (Lipinski definition) is 6. The summed E-state index contributed by atoms with van der Waals surface area (Å²) >= 11 is 0. The van der Waals surface area contributed by atoms with E-state index >= 15 is 0 Å². The summed E-state index contributed by atoms with van der Waals surface area (Å²) in [7, 11) is 0. The Bertz CT molecular complexity index is 623. The smallest absolute Gasteiger partial charge is 0.142 e. The molecule has 0 N–H and O–H groups in total. The summed E-state index contributed by atoms with van der Waals surface area (Å²) in [6, 6.07) is 4.27. The first-order valence-electron chi connectivity index (χ1n) is 7.71. The van der Waals surface area contributed by atoms with Crippen LogP contribution in [0.25, 0.3) is 0 Å². The fourth-order valence-corrected chi connectivity index (χ4v) is 3.10. The van der Waals surface area contributed by atoms with Crippen molar-refractivity contribution in [1.82, 2.24) is 15.0 Å². The van der Waals surface area contributed by atoms with Gasteiger partial charge in [0.1, 0.15) is 23.8 Å². The molecule has 1 unspecified atom stereocenters. The molecule has 2 aliphatic heterocycles. The molecular weight excluding hydrogens is 282 g/mol. The van der Waals surface area contributed by atoms with Crippen LogP contribution in [0.5, 0.6) is 5.75 Å². The normalized spacial score (nSPS) is 21.7. The fraction of sp³-hybridized carbons (Fsp3) is 0.500. The summed E-state index contributed by atoms with van der Waals surface area (Å²) < 4.78 is 16.7. The van der Waals surface area contributed by atoms with Crippen LogP contribution in [0.2, 0.25) is 0 Å². The van der Waals surface area contributed by atoms with Crippen molar-refractivity contribution in [2.75, 3.05) is 19.8 Å². The Morgan fingerprint density at radius 2 is 2.41 bits per heavy atom. The summed E-state index contributed by atoms with van der Waals surface area (Å²) in [6.45, 7) is 4.01. The van der Waals surface area contributed by atoms with Gasteiger partial charge in [-0.3, -0.25) is 9.88 Å². The monoisotopic (exact) mass is 301 g/mol. The molecule has 4 heterocycles. The Morgan fingerprint density at radius 1 is 1.41 bits per heavy atom. The highest BCUT2D eigenvalue weighted by atomic mass is 16.5. The highest BCUT2D eigenvalue weighted by Gasteiger charge is 2.30. The molecule has 0 saturated carbocycles. The maximum atomic E-state index is 5.75. The van der Waals surface area contributed by atoms with Crippen molar-refractivity contribution in [3.05, 3.63) is 41.5 Å². The third-order valence-electron chi connectivity index (χ3n) is 4.37. The van der Waals surface area contributed by atoms with Gasteiger partial charge >= 0.3 is 0 Å². The molecule has 2 aromatic rings. The first-order valence-corrected chi connectivity index (χ1v) is 7.71. The van der Waals surface area contributed by atoms with Gasteiger partial charge in [0.2, 0.25) is 0 Å². The van der Waals surface area contributed by atoms with Crippen LogP contribution >= 0.6 is 0 Å². The molecule has 4 rings (SSSR count). The predicted molar refractivity (Wildman–Crippen MR) is 78.4 cm³/mol. The van der Waals surface area contributed by atoms with Crippen LogP contribution in [0.15, 0.2) is 29.0 Å². The third-order valence-corrected chi connectivity index (χ3v) is 4.37. The number of hydrogen-bond donors (Lipinski definition) is 0. The van der Waals surface area contributed by atoms with Crippen molar-refractivity contribution in [2.24, 2.45) is 0 Å². The van der Waals surface area contributed by atoms with E-state index in [1.54, 1.807) is 12.4 Å². The molecule has 0 aliphatic carbocycles. The van der Waals surface area contributed by atoms with Gasteiger partial charge in [-0.1, -0.05) is 5.16 Å². The van der Waals surface area contributed by atoms with Crippen molar-refractivity contribution < 1.29 is 14.0 Å². The van der Waals surface area contributed by atoms with E-state index in [1.807, 2.05) is 12.1 Å². The van der Waals surface area contributed by atoms with Gasteiger partial charge in [0.05, 0.1) is 12.8 Å². The van der Waals surface area contributed by atoms with Crippen LogP contribution < -0.4 is 4.74 Å². The van der Waals surface area contributed by atoms with Crippen LogP contribution in [-0.2, 0) is 24.3 Å². The van der Waals surface area contributed by atoms with E-state index in [0.29, 0.717) is 12.6 Å². The zero-order valence-electron chi connectivity index (χ0n) is 12.4. The molecule has 0 radical (unpaired) electrons. The van der Waals surface area contributed by atoms with Crippen molar-refractivity contribution in [3.8, 4) is 5.75 Å². The molecule has 1 atom stereocenters. The van der Waals surface area contributed by atoms with Gasteiger partial charge in [0.25, 0.3) is 0 Å². The topological polar surface area (TPSA) is 60.6 Å². The number of fused-ring (bicyclic) bond motifs is 1. The summed E-state index contributed by atoms with van der Waals surface area (Å²) in [4.78, 5) is 6.52. The molecule has 0 amide bonds. The lowest BCUT2D eigenvalue weighted by Gasteiger charge is -2.30. The molecule has 1 fully saturated rings. The largest absolute Gasteiger partial charge is 0.486 e. The number of aromatic nitrogens is 2. The van der Waals surface area contributed by atoms with Crippen molar-refractivity contribution in [3.63, 3.8) is 0 Å². The second kappa shape index (κ2) is 6.06. The molecular formula is C16H19N3O3. The lowest BCUT2D eigenvalue weighted by Crippen LogP contribution is -2.39. The molecule has 6 heteroatoms. The Balaban J connectivity index is 1.45. The Morgan fingerprint density at radius 3 is 3.23 bits per heavy atom. The van der Waals surface area contributed by atoms with Crippen molar-refractivity contribution in [2.45, 2.75) is 32.0 Å². The fourth-order valence-electron chi connectivity index (χ4n) is 3.10. The predicted octanol–water partition coefficient (Wildman–Crippen LogP) is 1.80. The van der Waals surface area contributed by atoms with Gasteiger partial charge in [-0.2, -0.15) is 0 Å². The molecule has 6 nitrogen and oxygen atoms in total. The molecule has 22 heavy (non-hydrogen) atoms. The van der Waals surface area contributed by atoms with Crippen molar-refractivity contribution >= 4 is 0 Å². The quantitative estimate of drug-likeness (QED) is 0.858. The number of pyridine rings is 1. The number of ether oxygens (including phenoxy) is 2. The maximum absolute atomic E-state index is 5.75. The van der Waals surface area contributed by atoms with Gasteiger partial charge < -0.3 is 14.0 Å². The van der Waals surface area contributed by atoms with Gasteiger partial charge in [0.15, 0.2) is 0 Å². The van der Waals surface area contributed by atoms with E-state index < -0.39 is 0 Å². The molecule has 1 saturated heterocycles. The highest BCUT2D eigenvalue weighted by Crippen LogP contribution is 2.26. The van der Waals surface area contributed by atoms with Crippen LogP contribution in [-0.4, -0.2) is 40.8 Å². The maximum Gasteiger partial charge on any atom is 0.142 e. The average Bonchev–Trinajstić information content (AvgIpc) is 3.23. The zero-order chi connectivity index (χ0) is 14.8. The third kappa shape index (κ3) is 2.71. The van der Waals surface area contributed by atoms with E-state index in [0.717, 1.165) is 56.3 Å². The highest BCUT2D eigenvalue weighted by molar-refractivity contribution is 5.26. The number of rotatable bonds is 4. The second-order valence-electron chi connectivity index (χ2n) is 5.75.